The van der Waals surface area contributed by atoms with Crippen LogP contribution in [0.3, 0.4) is 0 Å². The maximum atomic E-state index is 2.60. The fourth-order valence-corrected chi connectivity index (χ4v) is 2.47. The molecule has 1 aliphatic heterocycles. The van der Waals surface area contributed by atoms with Crippen LogP contribution in [0, 0.1) is 5.92 Å². The van der Waals surface area contributed by atoms with Crippen molar-refractivity contribution in [3.63, 3.8) is 0 Å². The maximum Gasteiger partial charge on any atom is 0.0233 e. The Balaban J connectivity index is 0.000000686. The predicted molar refractivity (Wildman–Crippen MR) is 76.1 cm³/mol. The molecule has 0 aliphatic carbocycles. The van der Waals surface area contributed by atoms with Gasteiger partial charge in [0.2, 0.25) is 0 Å². The molecule has 0 bridgehead atoms. The lowest BCUT2D eigenvalue weighted by Crippen LogP contribution is -2.34. The Morgan fingerprint density at radius 3 is 2.53 bits per heavy atom. The molecule has 96 valence electrons. The third kappa shape index (κ3) is 4.91. The maximum absolute atomic E-state index is 2.60. The van der Waals surface area contributed by atoms with Crippen LogP contribution in [0.25, 0.3) is 0 Å². The van der Waals surface area contributed by atoms with E-state index in [4.69, 9.17) is 0 Å². The lowest BCUT2D eigenvalue weighted by Gasteiger charge is -2.32. The smallest absolute Gasteiger partial charge is 0.0233 e. The van der Waals surface area contributed by atoms with Gasteiger partial charge in [-0.2, -0.15) is 0 Å². The molecule has 1 aromatic carbocycles. The van der Waals surface area contributed by atoms with Crippen LogP contribution in [-0.4, -0.2) is 18.0 Å². The molecule has 1 atom stereocenters. The van der Waals surface area contributed by atoms with Crippen molar-refractivity contribution in [2.24, 2.45) is 5.92 Å². The van der Waals surface area contributed by atoms with Crippen LogP contribution in [0.2, 0.25) is 0 Å². The van der Waals surface area contributed by atoms with E-state index in [0.29, 0.717) is 0 Å². The van der Waals surface area contributed by atoms with E-state index < -0.39 is 0 Å². The average Bonchev–Trinajstić information content (AvgIpc) is 2.42. The highest BCUT2D eigenvalue weighted by Crippen LogP contribution is 2.20. The third-order valence-electron chi connectivity index (χ3n) is 3.43. The van der Waals surface area contributed by atoms with Gasteiger partial charge < -0.3 is 0 Å². The van der Waals surface area contributed by atoms with Crippen molar-refractivity contribution in [2.45, 2.75) is 46.6 Å². The summed E-state index contributed by atoms with van der Waals surface area (Å²) in [7, 11) is 0. The SMILES string of the molecule is CC.CCC1CCCN(Cc2ccccc2)C1. The van der Waals surface area contributed by atoms with Crippen LogP contribution in [0.1, 0.15) is 45.6 Å². The summed E-state index contributed by atoms with van der Waals surface area (Å²) in [5, 5.41) is 0. The summed E-state index contributed by atoms with van der Waals surface area (Å²) < 4.78 is 0. The van der Waals surface area contributed by atoms with Crippen LogP contribution >= 0.6 is 0 Å². The molecule has 0 amide bonds. The Kier molecular flexibility index (Phi) is 6.95. The summed E-state index contributed by atoms with van der Waals surface area (Å²) in [6.45, 7) is 10.0. The molecule has 1 heteroatoms. The van der Waals surface area contributed by atoms with Gasteiger partial charge in [-0.3, -0.25) is 4.90 Å². The van der Waals surface area contributed by atoms with E-state index in [1.807, 2.05) is 13.8 Å². The van der Waals surface area contributed by atoms with Gasteiger partial charge in [-0.25, -0.2) is 0 Å². The number of benzene rings is 1. The second kappa shape index (κ2) is 8.30. The van der Waals surface area contributed by atoms with Gasteiger partial charge in [-0.1, -0.05) is 57.5 Å². The van der Waals surface area contributed by atoms with Crippen LogP contribution < -0.4 is 0 Å². The van der Waals surface area contributed by atoms with E-state index in [9.17, 15) is 0 Å². The van der Waals surface area contributed by atoms with E-state index in [1.165, 1.54) is 37.9 Å². The van der Waals surface area contributed by atoms with Crippen molar-refractivity contribution >= 4 is 0 Å². The summed E-state index contributed by atoms with van der Waals surface area (Å²) in [6, 6.07) is 10.8. The van der Waals surface area contributed by atoms with Gasteiger partial charge in [0.05, 0.1) is 0 Å². The Morgan fingerprint density at radius 2 is 1.88 bits per heavy atom. The van der Waals surface area contributed by atoms with Gasteiger partial charge in [-0.15, -0.1) is 0 Å². The van der Waals surface area contributed by atoms with Gasteiger partial charge in [0.1, 0.15) is 0 Å². The molecule has 1 fully saturated rings. The van der Waals surface area contributed by atoms with Crippen LogP contribution in [0.15, 0.2) is 30.3 Å². The highest BCUT2D eigenvalue weighted by atomic mass is 15.1. The van der Waals surface area contributed by atoms with Crippen molar-refractivity contribution in [3.8, 4) is 0 Å². The zero-order valence-electron chi connectivity index (χ0n) is 11.7. The first-order valence-corrected chi connectivity index (χ1v) is 7.14. The fraction of sp³-hybridized carbons (Fsp3) is 0.625. The first-order valence-electron chi connectivity index (χ1n) is 7.14. The molecule has 1 saturated heterocycles. The Morgan fingerprint density at radius 1 is 1.18 bits per heavy atom. The summed E-state index contributed by atoms with van der Waals surface area (Å²) in [4.78, 5) is 2.60. The van der Waals surface area contributed by atoms with Crippen molar-refractivity contribution in [1.29, 1.82) is 0 Å². The van der Waals surface area contributed by atoms with Gasteiger partial charge >= 0.3 is 0 Å². The van der Waals surface area contributed by atoms with Crippen LogP contribution in [0.4, 0.5) is 0 Å². The summed E-state index contributed by atoms with van der Waals surface area (Å²) in [6.07, 6.45) is 4.15. The molecule has 0 radical (unpaired) electrons. The van der Waals surface area contributed by atoms with E-state index in [-0.39, 0.29) is 0 Å². The molecule has 0 saturated carbocycles. The largest absolute Gasteiger partial charge is 0.299 e. The molecule has 1 nitrogen and oxygen atoms in total. The summed E-state index contributed by atoms with van der Waals surface area (Å²) in [5.41, 5.74) is 1.45. The van der Waals surface area contributed by atoms with Gasteiger partial charge in [0.15, 0.2) is 0 Å². The molecule has 1 unspecified atom stereocenters. The minimum atomic E-state index is 0.933. The zero-order valence-corrected chi connectivity index (χ0v) is 11.7. The molecular formula is C16H27N. The standard InChI is InChI=1S/C14H21N.C2H6/c1-2-13-9-6-10-15(11-13)12-14-7-4-3-5-8-14;1-2/h3-5,7-8,13H,2,6,9-12H2,1H3;1-2H3. The second-order valence-corrected chi connectivity index (χ2v) is 4.64. The van der Waals surface area contributed by atoms with Crippen molar-refractivity contribution in [2.75, 3.05) is 13.1 Å². The molecule has 17 heavy (non-hydrogen) atoms. The number of rotatable bonds is 3. The Hall–Kier alpha value is -0.820. The topological polar surface area (TPSA) is 3.24 Å². The van der Waals surface area contributed by atoms with Crippen molar-refractivity contribution in [1.82, 2.24) is 4.90 Å². The van der Waals surface area contributed by atoms with E-state index in [2.05, 4.69) is 42.2 Å². The molecule has 0 aromatic heterocycles. The number of likely N-dealkylation sites (tertiary alicyclic amines) is 1. The molecule has 0 N–H and O–H groups in total. The lowest BCUT2D eigenvalue weighted by molar-refractivity contribution is 0.165. The Bertz CT molecular complexity index is 281. The quantitative estimate of drug-likeness (QED) is 0.751. The summed E-state index contributed by atoms with van der Waals surface area (Å²) >= 11 is 0. The monoisotopic (exact) mass is 233 g/mol. The van der Waals surface area contributed by atoms with E-state index in [0.717, 1.165) is 12.5 Å². The van der Waals surface area contributed by atoms with Crippen molar-refractivity contribution in [3.05, 3.63) is 35.9 Å². The van der Waals surface area contributed by atoms with Crippen molar-refractivity contribution < 1.29 is 0 Å². The van der Waals surface area contributed by atoms with E-state index in [1.54, 1.807) is 0 Å². The second-order valence-electron chi connectivity index (χ2n) is 4.64. The zero-order chi connectivity index (χ0) is 12.5. The molecular weight excluding hydrogens is 206 g/mol. The number of hydrogen-bond donors (Lipinski definition) is 0. The fourth-order valence-electron chi connectivity index (χ4n) is 2.47. The molecule has 0 spiro atoms. The van der Waals surface area contributed by atoms with Gasteiger partial charge in [0.25, 0.3) is 0 Å². The van der Waals surface area contributed by atoms with E-state index >= 15 is 0 Å². The minimum absolute atomic E-state index is 0.933. The summed E-state index contributed by atoms with van der Waals surface area (Å²) in [5.74, 6) is 0.933. The molecule has 2 rings (SSSR count). The number of piperidine rings is 1. The van der Waals surface area contributed by atoms with Gasteiger partial charge in [-0.05, 0) is 30.9 Å². The molecule has 1 heterocycles. The molecule has 1 aliphatic rings. The lowest BCUT2D eigenvalue weighted by atomic mass is 9.95. The normalized spacial score (nSPS) is 20.5. The van der Waals surface area contributed by atoms with Crippen LogP contribution in [-0.2, 0) is 6.54 Å². The number of hydrogen-bond acceptors (Lipinski definition) is 1. The average molecular weight is 233 g/mol. The first kappa shape index (κ1) is 14.2. The number of nitrogens with zero attached hydrogens (tertiary/aromatic N) is 1. The predicted octanol–water partition coefficient (Wildman–Crippen LogP) is 4.33. The molecule has 1 aromatic rings. The third-order valence-corrected chi connectivity index (χ3v) is 3.43. The van der Waals surface area contributed by atoms with Crippen LogP contribution in [0.5, 0.6) is 0 Å². The highest BCUT2D eigenvalue weighted by molar-refractivity contribution is 5.14. The van der Waals surface area contributed by atoms with Gasteiger partial charge in [0, 0.05) is 13.1 Å². The highest BCUT2D eigenvalue weighted by Gasteiger charge is 2.17. The minimum Gasteiger partial charge on any atom is -0.299 e. The first-order chi connectivity index (χ1) is 8.38. The Labute approximate surface area is 107 Å².